The van der Waals surface area contributed by atoms with Gasteiger partial charge in [-0.1, -0.05) is 13.3 Å². The molecule has 0 atom stereocenters. The highest BCUT2D eigenvalue weighted by atomic mass is 16.1. The van der Waals surface area contributed by atoms with E-state index in [2.05, 4.69) is 12.2 Å². The van der Waals surface area contributed by atoms with Crippen molar-refractivity contribution >= 4 is 5.91 Å². The van der Waals surface area contributed by atoms with Crippen LogP contribution in [0.25, 0.3) is 0 Å². The van der Waals surface area contributed by atoms with Crippen LogP contribution in [0.3, 0.4) is 0 Å². The summed E-state index contributed by atoms with van der Waals surface area (Å²) < 4.78 is 0. The maximum absolute atomic E-state index is 10.8. The molecule has 64 valence electrons. The van der Waals surface area contributed by atoms with Crippen LogP contribution in [0.15, 0.2) is 0 Å². The minimum absolute atomic E-state index is 0.123. The van der Waals surface area contributed by atoms with Crippen LogP contribution in [-0.4, -0.2) is 11.4 Å². The molecule has 1 amide bonds. The van der Waals surface area contributed by atoms with Crippen LogP contribution >= 0.6 is 0 Å². The first-order valence-corrected chi connectivity index (χ1v) is 4.47. The van der Waals surface area contributed by atoms with Gasteiger partial charge in [0, 0.05) is 12.5 Å². The Labute approximate surface area is 68.4 Å². The summed E-state index contributed by atoms with van der Waals surface area (Å²) in [6, 6.07) is 0. The van der Waals surface area contributed by atoms with E-state index in [-0.39, 0.29) is 11.4 Å². The van der Waals surface area contributed by atoms with Gasteiger partial charge in [0.1, 0.15) is 0 Å². The number of rotatable bonds is 3. The Morgan fingerprint density at radius 1 is 1.55 bits per heavy atom. The molecule has 0 aromatic rings. The molecule has 1 N–H and O–H groups in total. The molecule has 1 aliphatic rings. The van der Waals surface area contributed by atoms with Gasteiger partial charge in [0.2, 0.25) is 5.91 Å². The molecule has 0 aliphatic heterocycles. The molecule has 0 unspecified atom stereocenters. The Morgan fingerprint density at radius 3 is 2.45 bits per heavy atom. The molecule has 0 heterocycles. The van der Waals surface area contributed by atoms with Gasteiger partial charge in [0.25, 0.3) is 0 Å². The van der Waals surface area contributed by atoms with E-state index in [4.69, 9.17) is 0 Å². The van der Waals surface area contributed by atoms with Crippen LogP contribution in [-0.2, 0) is 4.79 Å². The van der Waals surface area contributed by atoms with E-state index in [1.807, 2.05) is 0 Å². The molecule has 1 aliphatic carbocycles. The first-order chi connectivity index (χ1) is 5.18. The van der Waals surface area contributed by atoms with E-state index in [0.717, 1.165) is 6.42 Å². The fourth-order valence-electron chi connectivity index (χ4n) is 1.89. The van der Waals surface area contributed by atoms with Crippen molar-refractivity contribution in [2.75, 3.05) is 0 Å². The van der Waals surface area contributed by atoms with E-state index in [1.54, 1.807) is 6.92 Å². The van der Waals surface area contributed by atoms with Crippen LogP contribution in [0.5, 0.6) is 0 Å². The van der Waals surface area contributed by atoms with Gasteiger partial charge in [-0.15, -0.1) is 0 Å². The van der Waals surface area contributed by atoms with Gasteiger partial charge in [0.05, 0.1) is 0 Å². The second kappa shape index (κ2) is 3.24. The van der Waals surface area contributed by atoms with Gasteiger partial charge < -0.3 is 5.32 Å². The minimum Gasteiger partial charge on any atom is -0.351 e. The summed E-state index contributed by atoms with van der Waals surface area (Å²) in [6.07, 6.45) is 5.95. The van der Waals surface area contributed by atoms with Gasteiger partial charge in [0.15, 0.2) is 0 Å². The van der Waals surface area contributed by atoms with Gasteiger partial charge in [-0.2, -0.15) is 0 Å². The van der Waals surface area contributed by atoms with E-state index in [9.17, 15) is 4.79 Å². The molecule has 1 saturated carbocycles. The third kappa shape index (κ3) is 1.95. The summed E-state index contributed by atoms with van der Waals surface area (Å²) in [7, 11) is 0. The van der Waals surface area contributed by atoms with Crippen molar-refractivity contribution in [3.63, 3.8) is 0 Å². The average molecular weight is 155 g/mol. The Kier molecular flexibility index (Phi) is 2.53. The molecule has 2 heteroatoms. The highest BCUT2D eigenvalue weighted by Gasteiger charge is 2.36. The topological polar surface area (TPSA) is 29.1 Å². The molecule has 0 aromatic heterocycles. The summed E-state index contributed by atoms with van der Waals surface area (Å²) >= 11 is 0. The molecule has 0 aromatic carbocycles. The zero-order valence-corrected chi connectivity index (χ0v) is 7.44. The van der Waals surface area contributed by atoms with Crippen LogP contribution in [0, 0.1) is 0 Å². The number of carbonyl (C=O) groups is 1. The van der Waals surface area contributed by atoms with E-state index < -0.39 is 0 Å². The lowest BCUT2D eigenvalue weighted by Crippen LogP contribution is -2.52. The lowest BCUT2D eigenvalue weighted by Gasteiger charge is -2.42. The van der Waals surface area contributed by atoms with Crippen molar-refractivity contribution < 1.29 is 4.79 Å². The Balaban J connectivity index is 2.39. The minimum atomic E-state index is 0.123. The molecular formula is C9H17NO. The van der Waals surface area contributed by atoms with E-state index in [0.29, 0.717) is 0 Å². The highest BCUT2D eigenvalue weighted by Crippen LogP contribution is 2.35. The Bertz CT molecular complexity index is 150. The third-order valence-corrected chi connectivity index (χ3v) is 2.48. The quantitative estimate of drug-likeness (QED) is 0.662. The van der Waals surface area contributed by atoms with Crippen molar-refractivity contribution in [3.8, 4) is 0 Å². The normalized spacial score (nSPS) is 20.5. The van der Waals surface area contributed by atoms with Gasteiger partial charge in [-0.3, -0.25) is 4.79 Å². The lowest BCUT2D eigenvalue weighted by atomic mass is 9.74. The van der Waals surface area contributed by atoms with Gasteiger partial charge in [-0.05, 0) is 25.7 Å². The van der Waals surface area contributed by atoms with Crippen molar-refractivity contribution in [2.45, 2.75) is 51.5 Å². The van der Waals surface area contributed by atoms with Crippen LogP contribution in [0.1, 0.15) is 46.0 Å². The first kappa shape index (κ1) is 8.57. The van der Waals surface area contributed by atoms with Crippen LogP contribution in [0.4, 0.5) is 0 Å². The standard InChI is InChI=1S/C9H17NO/c1-3-5-9(6-4-7-9)10-8(2)11/h3-7H2,1-2H3,(H,10,11). The Morgan fingerprint density at radius 2 is 2.18 bits per heavy atom. The fraction of sp³-hybridized carbons (Fsp3) is 0.889. The Hall–Kier alpha value is -0.530. The molecule has 0 spiro atoms. The largest absolute Gasteiger partial charge is 0.351 e. The summed E-state index contributed by atoms with van der Waals surface area (Å²) in [5.74, 6) is 0.123. The molecule has 0 saturated heterocycles. The van der Waals surface area contributed by atoms with Crippen molar-refractivity contribution in [1.29, 1.82) is 0 Å². The average Bonchev–Trinajstić information content (AvgIpc) is 1.82. The fourth-order valence-corrected chi connectivity index (χ4v) is 1.89. The van der Waals surface area contributed by atoms with Crippen LogP contribution in [0.2, 0.25) is 0 Å². The molecule has 0 radical (unpaired) electrons. The number of carbonyl (C=O) groups excluding carboxylic acids is 1. The first-order valence-electron chi connectivity index (χ1n) is 4.47. The number of nitrogens with one attached hydrogen (secondary N) is 1. The second-order valence-corrected chi connectivity index (χ2v) is 3.57. The zero-order chi connectivity index (χ0) is 8.32. The zero-order valence-electron chi connectivity index (χ0n) is 7.44. The lowest BCUT2D eigenvalue weighted by molar-refractivity contribution is -0.122. The highest BCUT2D eigenvalue weighted by molar-refractivity contribution is 5.74. The molecular weight excluding hydrogens is 138 g/mol. The van der Waals surface area contributed by atoms with Crippen molar-refractivity contribution in [3.05, 3.63) is 0 Å². The number of hydrogen-bond acceptors (Lipinski definition) is 1. The van der Waals surface area contributed by atoms with Crippen LogP contribution < -0.4 is 5.32 Å². The van der Waals surface area contributed by atoms with E-state index >= 15 is 0 Å². The predicted molar refractivity (Wildman–Crippen MR) is 45.3 cm³/mol. The molecule has 0 bridgehead atoms. The molecule has 1 rings (SSSR count). The number of hydrogen-bond donors (Lipinski definition) is 1. The van der Waals surface area contributed by atoms with Crippen molar-refractivity contribution in [2.24, 2.45) is 0 Å². The maximum Gasteiger partial charge on any atom is 0.217 e. The van der Waals surface area contributed by atoms with Crippen molar-refractivity contribution in [1.82, 2.24) is 5.32 Å². The molecule has 11 heavy (non-hydrogen) atoms. The molecule has 2 nitrogen and oxygen atoms in total. The summed E-state index contributed by atoms with van der Waals surface area (Å²) in [6.45, 7) is 3.78. The second-order valence-electron chi connectivity index (χ2n) is 3.57. The number of amides is 1. The molecule has 1 fully saturated rings. The monoisotopic (exact) mass is 155 g/mol. The predicted octanol–water partition coefficient (Wildman–Crippen LogP) is 1.85. The maximum atomic E-state index is 10.8. The van der Waals surface area contributed by atoms with E-state index in [1.165, 1.54) is 25.7 Å². The summed E-state index contributed by atoms with van der Waals surface area (Å²) in [5.41, 5.74) is 0.195. The summed E-state index contributed by atoms with van der Waals surface area (Å²) in [5, 5.41) is 3.05. The van der Waals surface area contributed by atoms with Gasteiger partial charge in [-0.25, -0.2) is 0 Å². The SMILES string of the molecule is CCCC1(NC(C)=O)CCC1. The smallest absolute Gasteiger partial charge is 0.217 e. The summed E-state index contributed by atoms with van der Waals surface area (Å²) in [4.78, 5) is 10.8. The van der Waals surface area contributed by atoms with Gasteiger partial charge >= 0.3 is 0 Å². The third-order valence-electron chi connectivity index (χ3n) is 2.48.